The highest BCUT2D eigenvalue weighted by molar-refractivity contribution is 6.42. The summed E-state index contributed by atoms with van der Waals surface area (Å²) in [5.74, 6) is -1.13. The zero-order chi connectivity index (χ0) is 15.4. The van der Waals surface area contributed by atoms with Gasteiger partial charge in [-0.3, -0.25) is 0 Å². The summed E-state index contributed by atoms with van der Waals surface area (Å²) in [4.78, 5) is 0. The van der Waals surface area contributed by atoms with Crippen molar-refractivity contribution in [3.8, 4) is 0 Å². The van der Waals surface area contributed by atoms with E-state index < -0.39 is 11.6 Å². The van der Waals surface area contributed by atoms with Crippen LogP contribution < -0.4 is 5.32 Å². The molecule has 0 radical (unpaired) electrons. The molecule has 2 aromatic rings. The Morgan fingerprint density at radius 3 is 2.43 bits per heavy atom. The van der Waals surface area contributed by atoms with Gasteiger partial charge in [0, 0.05) is 24.2 Å². The molecular formula is C16H15Cl2F2N. The van der Waals surface area contributed by atoms with Gasteiger partial charge in [-0.1, -0.05) is 42.3 Å². The highest BCUT2D eigenvalue weighted by Crippen LogP contribution is 2.27. The Balaban J connectivity index is 2.10. The van der Waals surface area contributed by atoms with Crippen molar-refractivity contribution < 1.29 is 8.78 Å². The molecule has 0 saturated heterocycles. The van der Waals surface area contributed by atoms with Crippen molar-refractivity contribution in [3.63, 3.8) is 0 Å². The van der Waals surface area contributed by atoms with Gasteiger partial charge in [0.1, 0.15) is 11.6 Å². The van der Waals surface area contributed by atoms with E-state index in [-0.39, 0.29) is 6.04 Å². The summed E-state index contributed by atoms with van der Waals surface area (Å²) in [5, 5.41) is 4.23. The number of nitrogens with one attached hydrogen (secondary N) is 1. The number of hydrogen-bond acceptors (Lipinski definition) is 1. The Hall–Kier alpha value is -1.16. The predicted octanol–water partition coefficient (Wildman–Crippen LogP) is 5.51. The van der Waals surface area contributed by atoms with Gasteiger partial charge in [0.05, 0.1) is 10.0 Å². The van der Waals surface area contributed by atoms with E-state index in [0.29, 0.717) is 22.2 Å². The summed E-state index contributed by atoms with van der Waals surface area (Å²) in [5.41, 5.74) is 1.41. The van der Waals surface area contributed by atoms with E-state index in [1.165, 1.54) is 12.1 Å². The summed E-state index contributed by atoms with van der Waals surface area (Å²) in [7, 11) is 0. The van der Waals surface area contributed by atoms with Gasteiger partial charge in [-0.25, -0.2) is 8.78 Å². The molecule has 1 N–H and O–H groups in total. The first kappa shape index (κ1) is 16.2. The van der Waals surface area contributed by atoms with Crippen LogP contribution in [0, 0.1) is 11.6 Å². The fourth-order valence-corrected chi connectivity index (χ4v) is 2.43. The fraction of sp³-hybridized carbons (Fsp3) is 0.250. The molecule has 1 unspecified atom stereocenters. The average molecular weight is 330 g/mol. The van der Waals surface area contributed by atoms with Gasteiger partial charge in [0.2, 0.25) is 0 Å². The lowest BCUT2D eigenvalue weighted by molar-refractivity contribution is 0.500. The number of halogens is 4. The third-order valence-electron chi connectivity index (χ3n) is 3.31. The molecule has 0 aliphatic carbocycles. The zero-order valence-corrected chi connectivity index (χ0v) is 13.0. The van der Waals surface area contributed by atoms with Crippen LogP contribution in [0.15, 0.2) is 36.4 Å². The molecule has 0 fully saturated rings. The molecule has 2 rings (SSSR count). The Bertz CT molecular complexity index is 632. The molecule has 1 atom stereocenters. The Kier molecular flexibility index (Phi) is 5.57. The van der Waals surface area contributed by atoms with Gasteiger partial charge in [0.25, 0.3) is 0 Å². The van der Waals surface area contributed by atoms with Crippen LogP contribution in [0.3, 0.4) is 0 Å². The first-order valence-corrected chi connectivity index (χ1v) is 7.39. The van der Waals surface area contributed by atoms with Gasteiger partial charge < -0.3 is 5.32 Å². The average Bonchev–Trinajstić information content (AvgIpc) is 2.45. The van der Waals surface area contributed by atoms with Crippen LogP contribution >= 0.6 is 23.2 Å². The quantitative estimate of drug-likeness (QED) is 0.762. The van der Waals surface area contributed by atoms with E-state index in [1.807, 2.05) is 13.0 Å². The second-order valence-corrected chi connectivity index (χ2v) is 5.57. The molecule has 112 valence electrons. The molecule has 5 heteroatoms. The largest absolute Gasteiger partial charge is 0.306 e. The third-order valence-corrected chi connectivity index (χ3v) is 4.05. The highest BCUT2D eigenvalue weighted by Gasteiger charge is 2.12. The topological polar surface area (TPSA) is 12.0 Å². The Morgan fingerprint density at radius 1 is 1.05 bits per heavy atom. The summed E-state index contributed by atoms with van der Waals surface area (Å²) in [6.07, 6.45) is 0.806. The lowest BCUT2D eigenvalue weighted by Gasteiger charge is -2.18. The van der Waals surface area contributed by atoms with E-state index in [1.54, 1.807) is 12.1 Å². The number of hydrogen-bond donors (Lipinski definition) is 1. The Labute approximate surface area is 132 Å². The van der Waals surface area contributed by atoms with Crippen molar-refractivity contribution in [1.82, 2.24) is 5.32 Å². The second-order valence-electron chi connectivity index (χ2n) is 4.75. The maximum Gasteiger partial charge on any atom is 0.130 e. The highest BCUT2D eigenvalue weighted by atomic mass is 35.5. The van der Waals surface area contributed by atoms with E-state index in [4.69, 9.17) is 23.2 Å². The van der Waals surface area contributed by atoms with E-state index in [9.17, 15) is 8.78 Å². The molecule has 0 bridgehead atoms. The monoisotopic (exact) mass is 329 g/mol. The van der Waals surface area contributed by atoms with Crippen LogP contribution in [0.2, 0.25) is 10.0 Å². The second kappa shape index (κ2) is 7.21. The molecule has 0 aromatic heterocycles. The van der Waals surface area contributed by atoms with Gasteiger partial charge in [-0.15, -0.1) is 0 Å². The van der Waals surface area contributed by atoms with Crippen LogP contribution in [0.5, 0.6) is 0 Å². The standard InChI is InChI=1S/C16H15Cl2F2N/c1-2-16(10-4-6-13(17)14(18)7-10)21-9-11-3-5-12(19)8-15(11)20/h3-8,16,21H,2,9H2,1H3. The number of benzene rings is 2. The molecule has 2 aromatic carbocycles. The smallest absolute Gasteiger partial charge is 0.130 e. The molecule has 0 aliphatic rings. The van der Waals surface area contributed by atoms with Crippen molar-refractivity contribution in [1.29, 1.82) is 0 Å². The van der Waals surface area contributed by atoms with Crippen LogP contribution in [-0.2, 0) is 6.54 Å². The fourth-order valence-electron chi connectivity index (χ4n) is 2.13. The maximum absolute atomic E-state index is 13.6. The zero-order valence-electron chi connectivity index (χ0n) is 11.5. The molecule has 21 heavy (non-hydrogen) atoms. The van der Waals surface area contributed by atoms with Gasteiger partial charge in [0.15, 0.2) is 0 Å². The lowest BCUT2D eigenvalue weighted by atomic mass is 10.0. The van der Waals surface area contributed by atoms with E-state index >= 15 is 0 Å². The molecule has 0 amide bonds. The summed E-state index contributed by atoms with van der Waals surface area (Å²) in [6.45, 7) is 2.33. The molecular weight excluding hydrogens is 315 g/mol. The van der Waals surface area contributed by atoms with Crippen molar-refractivity contribution in [2.24, 2.45) is 0 Å². The molecule has 0 heterocycles. The first-order valence-electron chi connectivity index (χ1n) is 6.63. The first-order chi connectivity index (χ1) is 10.0. The van der Waals surface area contributed by atoms with Crippen molar-refractivity contribution in [3.05, 3.63) is 69.2 Å². The van der Waals surface area contributed by atoms with Crippen LogP contribution in [0.25, 0.3) is 0 Å². The maximum atomic E-state index is 13.6. The van der Waals surface area contributed by atoms with Crippen molar-refractivity contribution in [2.45, 2.75) is 25.9 Å². The molecule has 0 aliphatic heterocycles. The third kappa shape index (κ3) is 4.16. The normalized spacial score (nSPS) is 12.4. The minimum absolute atomic E-state index is 0.0178. The minimum atomic E-state index is -0.576. The molecule has 1 nitrogen and oxygen atoms in total. The molecule has 0 saturated carbocycles. The van der Waals surface area contributed by atoms with Crippen LogP contribution in [0.1, 0.15) is 30.5 Å². The molecule has 0 spiro atoms. The van der Waals surface area contributed by atoms with Gasteiger partial charge >= 0.3 is 0 Å². The SMILES string of the molecule is CCC(NCc1ccc(F)cc1F)c1ccc(Cl)c(Cl)c1. The van der Waals surface area contributed by atoms with Crippen LogP contribution in [0.4, 0.5) is 8.78 Å². The lowest BCUT2D eigenvalue weighted by Crippen LogP contribution is -2.21. The van der Waals surface area contributed by atoms with Crippen molar-refractivity contribution in [2.75, 3.05) is 0 Å². The summed E-state index contributed by atoms with van der Waals surface area (Å²) >= 11 is 11.9. The summed E-state index contributed by atoms with van der Waals surface area (Å²) < 4.78 is 26.5. The Morgan fingerprint density at radius 2 is 1.81 bits per heavy atom. The minimum Gasteiger partial charge on any atom is -0.306 e. The van der Waals surface area contributed by atoms with Gasteiger partial charge in [-0.2, -0.15) is 0 Å². The van der Waals surface area contributed by atoms with Crippen molar-refractivity contribution >= 4 is 23.2 Å². The summed E-state index contributed by atoms with van der Waals surface area (Å²) in [6, 6.07) is 9.02. The van der Waals surface area contributed by atoms with Gasteiger partial charge in [-0.05, 0) is 30.2 Å². The van der Waals surface area contributed by atoms with Crippen LogP contribution in [-0.4, -0.2) is 0 Å². The predicted molar refractivity (Wildman–Crippen MR) is 82.7 cm³/mol. The van der Waals surface area contributed by atoms with E-state index in [2.05, 4.69) is 5.32 Å². The van der Waals surface area contributed by atoms with E-state index in [0.717, 1.165) is 18.1 Å². The number of rotatable bonds is 5.